The SMILES string of the molecule is COc1ccc(-c2nn(-c3nc(-c4ccccc4)c(C)s3)c(-c3ccc(OC)c(OC)c3)c2Cl)cc1OC. The number of nitrogens with zero attached hydrogens (tertiary/aromatic N) is 3. The molecule has 194 valence electrons. The molecule has 38 heavy (non-hydrogen) atoms. The summed E-state index contributed by atoms with van der Waals surface area (Å²) >= 11 is 8.65. The first kappa shape index (κ1) is 25.6. The van der Waals surface area contributed by atoms with Gasteiger partial charge in [-0.15, -0.1) is 0 Å². The van der Waals surface area contributed by atoms with E-state index in [9.17, 15) is 0 Å². The number of benzene rings is 3. The molecule has 0 aliphatic carbocycles. The summed E-state index contributed by atoms with van der Waals surface area (Å²) in [5.41, 5.74) is 4.81. The Labute approximate surface area is 230 Å². The van der Waals surface area contributed by atoms with E-state index in [1.807, 2.05) is 66.7 Å². The molecule has 2 aromatic heterocycles. The summed E-state index contributed by atoms with van der Waals surface area (Å²) in [6.07, 6.45) is 0. The van der Waals surface area contributed by atoms with E-state index in [1.54, 1.807) is 44.5 Å². The first-order chi connectivity index (χ1) is 18.5. The number of hydrogen-bond acceptors (Lipinski definition) is 7. The molecule has 0 bridgehead atoms. The van der Waals surface area contributed by atoms with E-state index in [1.165, 1.54) is 0 Å². The molecule has 0 N–H and O–H groups in total. The standard InChI is InChI=1S/C29H26ClN3O4S/c1-17-26(18-9-7-6-8-10-18)31-29(38-17)33-28(20-12-14-22(35-3)24(16-20)37-5)25(30)27(32-33)19-11-13-21(34-2)23(15-19)36-4/h6-16H,1-5H3. The first-order valence-corrected chi connectivity index (χ1v) is 12.9. The number of thiazole rings is 1. The second-order valence-electron chi connectivity index (χ2n) is 8.33. The lowest BCUT2D eigenvalue weighted by Crippen LogP contribution is -2.00. The maximum absolute atomic E-state index is 7.10. The van der Waals surface area contributed by atoms with Gasteiger partial charge in [0.05, 0.1) is 44.8 Å². The minimum atomic E-state index is 0.471. The molecule has 0 aliphatic rings. The number of halogens is 1. The largest absolute Gasteiger partial charge is 0.493 e. The Morgan fingerprint density at radius 1 is 0.684 bits per heavy atom. The quantitative estimate of drug-likeness (QED) is 0.203. The van der Waals surface area contributed by atoms with Crippen LogP contribution >= 0.6 is 22.9 Å². The molecule has 0 unspecified atom stereocenters. The predicted octanol–water partition coefficient (Wildman–Crippen LogP) is 7.33. The second-order valence-corrected chi connectivity index (χ2v) is 9.89. The zero-order valence-corrected chi connectivity index (χ0v) is 23.2. The molecule has 0 saturated heterocycles. The van der Waals surface area contributed by atoms with Crippen molar-refractivity contribution in [3.8, 4) is 61.9 Å². The summed E-state index contributed by atoms with van der Waals surface area (Å²) in [5, 5.41) is 6.13. The van der Waals surface area contributed by atoms with E-state index in [2.05, 4.69) is 6.92 Å². The van der Waals surface area contributed by atoms with Crippen LogP contribution in [0, 0.1) is 6.92 Å². The molecule has 5 aromatic rings. The molecule has 7 nitrogen and oxygen atoms in total. The van der Waals surface area contributed by atoms with Crippen LogP contribution in [-0.2, 0) is 0 Å². The average Bonchev–Trinajstić information content (AvgIpc) is 3.52. The van der Waals surface area contributed by atoms with Crippen molar-refractivity contribution in [2.75, 3.05) is 28.4 Å². The molecule has 2 heterocycles. The molecule has 3 aromatic carbocycles. The van der Waals surface area contributed by atoms with Gasteiger partial charge in [0.15, 0.2) is 23.0 Å². The summed E-state index contributed by atoms with van der Waals surface area (Å²) in [5.74, 6) is 2.41. The van der Waals surface area contributed by atoms with Crippen molar-refractivity contribution in [2.24, 2.45) is 0 Å². The van der Waals surface area contributed by atoms with Crippen molar-refractivity contribution in [1.29, 1.82) is 0 Å². The summed E-state index contributed by atoms with van der Waals surface area (Å²) in [6, 6.07) is 21.3. The maximum Gasteiger partial charge on any atom is 0.211 e. The normalized spacial score (nSPS) is 10.9. The fourth-order valence-corrected chi connectivity index (χ4v) is 5.50. The van der Waals surface area contributed by atoms with Crippen LogP contribution in [0.3, 0.4) is 0 Å². The van der Waals surface area contributed by atoms with Gasteiger partial charge in [0.1, 0.15) is 5.69 Å². The van der Waals surface area contributed by atoms with E-state index in [4.69, 9.17) is 40.6 Å². The summed E-state index contributed by atoms with van der Waals surface area (Å²) in [7, 11) is 6.41. The number of aryl methyl sites for hydroxylation is 1. The highest BCUT2D eigenvalue weighted by atomic mass is 35.5. The molecule has 0 aliphatic heterocycles. The lowest BCUT2D eigenvalue weighted by Gasteiger charge is -2.11. The molecule has 0 fully saturated rings. The molecule has 0 radical (unpaired) electrons. The molecule has 0 atom stereocenters. The van der Waals surface area contributed by atoms with Gasteiger partial charge in [0.2, 0.25) is 5.13 Å². The Hall–Kier alpha value is -4.01. The van der Waals surface area contributed by atoms with E-state index in [0.717, 1.165) is 27.3 Å². The van der Waals surface area contributed by atoms with E-state index >= 15 is 0 Å². The van der Waals surface area contributed by atoms with Crippen LogP contribution in [0.5, 0.6) is 23.0 Å². The minimum absolute atomic E-state index is 0.471. The number of rotatable bonds is 8. The summed E-state index contributed by atoms with van der Waals surface area (Å²) in [6.45, 7) is 2.06. The van der Waals surface area contributed by atoms with Gasteiger partial charge in [-0.25, -0.2) is 9.67 Å². The molecule has 0 spiro atoms. The molecular weight excluding hydrogens is 522 g/mol. The van der Waals surface area contributed by atoms with Gasteiger partial charge >= 0.3 is 0 Å². The van der Waals surface area contributed by atoms with E-state index < -0.39 is 0 Å². The van der Waals surface area contributed by atoms with Gasteiger partial charge in [-0.3, -0.25) is 0 Å². The lowest BCUT2D eigenvalue weighted by atomic mass is 10.1. The fraction of sp³-hybridized carbons (Fsp3) is 0.172. The van der Waals surface area contributed by atoms with Crippen molar-refractivity contribution in [1.82, 2.24) is 14.8 Å². The molecule has 5 rings (SSSR count). The molecule has 0 saturated carbocycles. The van der Waals surface area contributed by atoms with Gasteiger partial charge in [-0.05, 0) is 43.3 Å². The number of aromatic nitrogens is 3. The highest BCUT2D eigenvalue weighted by molar-refractivity contribution is 7.14. The monoisotopic (exact) mass is 547 g/mol. The number of hydrogen-bond donors (Lipinski definition) is 0. The van der Waals surface area contributed by atoms with Gasteiger partial charge in [0.25, 0.3) is 0 Å². The van der Waals surface area contributed by atoms with Crippen LogP contribution in [0.15, 0.2) is 66.7 Å². The Balaban J connectivity index is 1.74. The second kappa shape index (κ2) is 10.8. The number of ether oxygens (including phenoxy) is 4. The predicted molar refractivity (Wildman–Crippen MR) is 151 cm³/mol. The third-order valence-electron chi connectivity index (χ3n) is 6.16. The van der Waals surface area contributed by atoms with E-state index in [0.29, 0.717) is 44.5 Å². The summed E-state index contributed by atoms with van der Waals surface area (Å²) < 4.78 is 23.7. The van der Waals surface area contributed by atoms with E-state index in [-0.39, 0.29) is 0 Å². The van der Waals surface area contributed by atoms with Crippen LogP contribution in [0.2, 0.25) is 5.02 Å². The third-order valence-corrected chi connectivity index (χ3v) is 7.46. The highest BCUT2D eigenvalue weighted by Gasteiger charge is 2.25. The highest BCUT2D eigenvalue weighted by Crippen LogP contribution is 2.43. The fourth-order valence-electron chi connectivity index (χ4n) is 4.27. The van der Waals surface area contributed by atoms with Crippen molar-refractivity contribution in [3.05, 3.63) is 76.6 Å². The average molecular weight is 548 g/mol. The lowest BCUT2D eigenvalue weighted by molar-refractivity contribution is 0.355. The third kappa shape index (κ3) is 4.57. The molecule has 9 heteroatoms. The molecule has 0 amide bonds. The topological polar surface area (TPSA) is 67.6 Å². The van der Waals surface area contributed by atoms with Crippen molar-refractivity contribution in [2.45, 2.75) is 6.92 Å². The van der Waals surface area contributed by atoms with Crippen LogP contribution in [0.25, 0.3) is 38.9 Å². The van der Waals surface area contributed by atoms with Gasteiger partial charge in [-0.2, -0.15) is 5.10 Å². The number of methoxy groups -OCH3 is 4. The van der Waals surface area contributed by atoms with Crippen LogP contribution in [0.1, 0.15) is 4.88 Å². The van der Waals surface area contributed by atoms with Crippen LogP contribution in [0.4, 0.5) is 0 Å². The van der Waals surface area contributed by atoms with Crippen LogP contribution < -0.4 is 18.9 Å². The van der Waals surface area contributed by atoms with Gasteiger partial charge in [-0.1, -0.05) is 53.3 Å². The van der Waals surface area contributed by atoms with Crippen LogP contribution in [-0.4, -0.2) is 43.2 Å². The Kier molecular flexibility index (Phi) is 7.26. The first-order valence-electron chi connectivity index (χ1n) is 11.8. The van der Waals surface area contributed by atoms with Gasteiger partial charge < -0.3 is 18.9 Å². The van der Waals surface area contributed by atoms with Crippen molar-refractivity contribution >= 4 is 22.9 Å². The Bertz CT molecular complexity index is 1600. The molecular formula is C29H26ClN3O4S. The maximum atomic E-state index is 7.10. The van der Waals surface area contributed by atoms with Crippen molar-refractivity contribution < 1.29 is 18.9 Å². The van der Waals surface area contributed by atoms with Gasteiger partial charge in [0, 0.05) is 21.6 Å². The Morgan fingerprint density at radius 2 is 1.26 bits per heavy atom. The Morgan fingerprint density at radius 3 is 1.87 bits per heavy atom. The zero-order valence-electron chi connectivity index (χ0n) is 21.6. The minimum Gasteiger partial charge on any atom is -0.493 e. The van der Waals surface area contributed by atoms with Crippen molar-refractivity contribution in [3.63, 3.8) is 0 Å². The smallest absolute Gasteiger partial charge is 0.211 e. The zero-order chi connectivity index (χ0) is 26.8. The summed E-state index contributed by atoms with van der Waals surface area (Å²) in [4.78, 5) is 6.05.